The van der Waals surface area contributed by atoms with Crippen molar-refractivity contribution in [3.05, 3.63) is 72.8 Å². The number of unbranched alkanes of at least 4 members (excludes halogenated alkanes) is 1. The maximum atomic E-state index is 12.3. The monoisotopic (exact) mass is 471 g/mol. The summed E-state index contributed by atoms with van der Waals surface area (Å²) in [5, 5.41) is 12.8. The molecule has 0 aliphatic carbocycles. The Morgan fingerprint density at radius 2 is 1.66 bits per heavy atom. The first-order valence-electron chi connectivity index (χ1n) is 10.4. The maximum Gasteiger partial charge on any atom is 0.153 e. The number of phenols is 1. The number of nitrogens with zero attached hydrogens (tertiary/aromatic N) is 1. The summed E-state index contributed by atoms with van der Waals surface area (Å²) in [6, 6.07) is 11.1. The fourth-order valence-corrected chi connectivity index (χ4v) is 4.52. The van der Waals surface area contributed by atoms with E-state index >= 15 is 0 Å². The van der Waals surface area contributed by atoms with E-state index in [9.17, 15) is 13.5 Å². The van der Waals surface area contributed by atoms with Gasteiger partial charge in [-0.05, 0) is 73.3 Å². The molecule has 0 spiro atoms. The van der Waals surface area contributed by atoms with Crippen LogP contribution in [-0.4, -0.2) is 43.3 Å². The van der Waals surface area contributed by atoms with Gasteiger partial charge in [0.05, 0.1) is 16.7 Å². The summed E-state index contributed by atoms with van der Waals surface area (Å²) in [5.74, 6) is 0.651. The highest BCUT2D eigenvalue weighted by Crippen LogP contribution is 2.37. The molecule has 7 heteroatoms. The quantitative estimate of drug-likeness (QED) is 0.178. The molecule has 0 radical (unpaired) electrons. The first kappa shape index (κ1) is 25.5. The molecule has 0 atom stereocenters. The van der Waals surface area contributed by atoms with Crippen LogP contribution in [0.1, 0.15) is 24.0 Å². The molecular formula is C25H29NO4S2. The summed E-state index contributed by atoms with van der Waals surface area (Å²) < 4.78 is 30.5. The molecule has 170 valence electrons. The van der Waals surface area contributed by atoms with Gasteiger partial charge in [0.25, 0.3) is 0 Å². The van der Waals surface area contributed by atoms with Crippen molar-refractivity contribution < 1.29 is 18.3 Å². The summed E-state index contributed by atoms with van der Waals surface area (Å²) in [6.45, 7) is 8.07. The van der Waals surface area contributed by atoms with Gasteiger partial charge >= 0.3 is 0 Å². The Balaban J connectivity index is 2.18. The molecule has 2 rings (SSSR count). The first-order valence-corrected chi connectivity index (χ1v) is 12.7. The smallest absolute Gasteiger partial charge is 0.153 e. The van der Waals surface area contributed by atoms with Crippen molar-refractivity contribution in [1.29, 1.82) is 0 Å². The third-order valence-electron chi connectivity index (χ3n) is 4.85. The number of aliphatic imine (C=N–C) groups is 1. The lowest BCUT2D eigenvalue weighted by Crippen LogP contribution is -2.17. The van der Waals surface area contributed by atoms with E-state index in [0.29, 0.717) is 49.1 Å². The molecule has 0 saturated carbocycles. The number of thiocarbonyl (C=S) groups is 1. The van der Waals surface area contributed by atoms with Crippen LogP contribution in [0.4, 0.5) is 0 Å². The van der Waals surface area contributed by atoms with E-state index in [-0.39, 0.29) is 23.9 Å². The predicted molar refractivity (Wildman–Crippen MR) is 135 cm³/mol. The minimum Gasteiger partial charge on any atom is -0.507 e. The summed E-state index contributed by atoms with van der Waals surface area (Å²) in [6.07, 6.45) is 6.12. The lowest BCUT2D eigenvalue weighted by molar-refractivity contribution is 0.342. The van der Waals surface area contributed by atoms with Gasteiger partial charge in [-0.1, -0.05) is 24.3 Å². The third kappa shape index (κ3) is 8.08. The van der Waals surface area contributed by atoms with Gasteiger partial charge in [-0.25, -0.2) is 13.4 Å². The van der Waals surface area contributed by atoms with E-state index in [1.165, 1.54) is 0 Å². The van der Waals surface area contributed by atoms with Crippen molar-refractivity contribution in [2.45, 2.75) is 25.7 Å². The molecule has 5 nitrogen and oxygen atoms in total. The van der Waals surface area contributed by atoms with E-state index < -0.39 is 9.84 Å². The second-order valence-electron chi connectivity index (χ2n) is 7.35. The van der Waals surface area contributed by atoms with Gasteiger partial charge < -0.3 is 9.84 Å². The molecule has 32 heavy (non-hydrogen) atoms. The van der Waals surface area contributed by atoms with Crippen molar-refractivity contribution in [2.75, 3.05) is 24.7 Å². The number of sulfone groups is 1. The molecular weight excluding hydrogens is 442 g/mol. The van der Waals surface area contributed by atoms with Crippen LogP contribution < -0.4 is 4.74 Å². The molecule has 1 N–H and O–H groups in total. The zero-order valence-corrected chi connectivity index (χ0v) is 19.8. The Morgan fingerprint density at radius 1 is 1.00 bits per heavy atom. The van der Waals surface area contributed by atoms with Gasteiger partial charge in [-0.3, -0.25) is 0 Å². The molecule has 2 aromatic rings. The van der Waals surface area contributed by atoms with Crippen molar-refractivity contribution in [1.82, 2.24) is 0 Å². The first-order chi connectivity index (χ1) is 15.4. The average Bonchev–Trinajstić information content (AvgIpc) is 2.76. The summed E-state index contributed by atoms with van der Waals surface area (Å²) in [5.41, 5.74) is 3.37. The maximum absolute atomic E-state index is 12.3. The van der Waals surface area contributed by atoms with E-state index in [1.807, 2.05) is 30.3 Å². The number of rotatable bonds is 14. The lowest BCUT2D eigenvalue weighted by Gasteiger charge is -2.15. The lowest BCUT2D eigenvalue weighted by atomic mass is 9.97. The third-order valence-corrected chi connectivity index (χ3v) is 6.68. The van der Waals surface area contributed by atoms with Gasteiger partial charge in [-0.15, -0.1) is 13.2 Å². The van der Waals surface area contributed by atoms with Crippen LogP contribution in [0.3, 0.4) is 0 Å². The Morgan fingerprint density at radius 3 is 2.31 bits per heavy atom. The van der Waals surface area contributed by atoms with Crippen molar-refractivity contribution in [2.24, 2.45) is 4.99 Å². The standard InChI is InChI=1S/C25H29NO4S2/c1-3-7-20-9-11-24(27)22(17-20)23-18-21(8-4-2)10-12-25(23)30-14-16-32(28,29)15-6-5-13-26-19-31/h3-4,9-12,17-18,27H,1-2,5-8,13-16H2. The fraction of sp³-hybridized carbons (Fsp3) is 0.320. The molecule has 0 heterocycles. The van der Waals surface area contributed by atoms with E-state index in [4.69, 9.17) is 4.74 Å². The molecule has 0 fully saturated rings. The molecule has 0 unspecified atom stereocenters. The fourth-order valence-electron chi connectivity index (χ4n) is 3.24. The predicted octanol–water partition coefficient (Wildman–Crippen LogP) is 5.19. The number of allylic oxidation sites excluding steroid dienone is 2. The molecule has 0 amide bonds. The van der Waals surface area contributed by atoms with E-state index in [1.54, 1.807) is 18.2 Å². The van der Waals surface area contributed by atoms with Crippen molar-refractivity contribution in [3.63, 3.8) is 0 Å². The van der Waals surface area contributed by atoms with Gasteiger partial charge in [0.15, 0.2) is 9.84 Å². The van der Waals surface area contributed by atoms with Crippen molar-refractivity contribution >= 4 is 27.2 Å². The highest BCUT2D eigenvalue weighted by atomic mass is 32.2. The minimum atomic E-state index is -3.24. The minimum absolute atomic E-state index is 0.0291. The summed E-state index contributed by atoms with van der Waals surface area (Å²) in [4.78, 5) is 3.79. The van der Waals surface area contributed by atoms with Gasteiger partial charge in [-0.2, -0.15) is 0 Å². The number of isothiocyanates is 1. The van der Waals surface area contributed by atoms with Gasteiger partial charge in [0.2, 0.25) is 0 Å². The molecule has 0 aliphatic rings. The van der Waals surface area contributed by atoms with Crippen LogP contribution in [0, 0.1) is 0 Å². The Bertz CT molecular complexity index is 1090. The normalized spacial score (nSPS) is 10.9. The van der Waals surface area contributed by atoms with Crippen molar-refractivity contribution in [3.8, 4) is 22.6 Å². The average molecular weight is 472 g/mol. The number of aromatic hydroxyl groups is 1. The number of ether oxygens (including phenoxy) is 1. The Hall–Kier alpha value is -2.73. The van der Waals surface area contributed by atoms with Crippen LogP contribution in [0.5, 0.6) is 11.5 Å². The van der Waals surface area contributed by atoms with Crippen LogP contribution >= 0.6 is 12.2 Å². The topological polar surface area (TPSA) is 76.0 Å². The van der Waals surface area contributed by atoms with E-state index in [2.05, 4.69) is 35.5 Å². The summed E-state index contributed by atoms with van der Waals surface area (Å²) >= 11 is 4.50. The Kier molecular flexibility index (Phi) is 10.3. The second kappa shape index (κ2) is 13.0. The molecule has 0 aromatic heterocycles. The number of hydrogen-bond donors (Lipinski definition) is 1. The molecule has 0 saturated heterocycles. The van der Waals surface area contributed by atoms with Crippen LogP contribution in [-0.2, 0) is 22.7 Å². The highest BCUT2D eigenvalue weighted by molar-refractivity contribution is 7.91. The van der Waals surface area contributed by atoms with E-state index in [0.717, 1.165) is 11.1 Å². The molecule has 0 bridgehead atoms. The van der Waals surface area contributed by atoms with Gasteiger partial charge in [0.1, 0.15) is 18.1 Å². The molecule has 0 aliphatic heterocycles. The Labute approximate surface area is 196 Å². The largest absolute Gasteiger partial charge is 0.507 e. The van der Waals surface area contributed by atoms with Crippen LogP contribution in [0.15, 0.2) is 66.7 Å². The highest BCUT2D eigenvalue weighted by Gasteiger charge is 2.15. The van der Waals surface area contributed by atoms with Crippen LogP contribution in [0.2, 0.25) is 0 Å². The number of hydrogen-bond acceptors (Lipinski definition) is 6. The number of phenolic OH excluding ortho intramolecular Hbond substituents is 1. The SMILES string of the molecule is C=CCc1ccc(O)c(-c2cc(CC=C)ccc2OCCS(=O)(=O)CCCCN=C=S)c1. The second-order valence-corrected chi connectivity index (χ2v) is 9.83. The zero-order valence-electron chi connectivity index (χ0n) is 18.1. The summed E-state index contributed by atoms with van der Waals surface area (Å²) in [7, 11) is -3.24. The zero-order chi connectivity index (χ0) is 23.4. The van der Waals surface area contributed by atoms with Gasteiger partial charge in [0, 0.05) is 17.7 Å². The van der Waals surface area contributed by atoms with Crippen LogP contribution in [0.25, 0.3) is 11.1 Å². The molecule has 2 aromatic carbocycles. The number of benzene rings is 2.